The molecule has 3 amide bonds. The monoisotopic (exact) mass is 365 g/mol. The van der Waals surface area contributed by atoms with Crippen LogP contribution in [0.4, 0.5) is 0 Å². The second-order valence-electron chi connectivity index (χ2n) is 6.62. The molecule has 7 heteroatoms. The highest BCUT2D eigenvalue weighted by Crippen LogP contribution is 2.26. The summed E-state index contributed by atoms with van der Waals surface area (Å²) in [5.41, 5.74) is 1.67. The summed E-state index contributed by atoms with van der Waals surface area (Å²) in [5, 5.41) is 2.77. The van der Waals surface area contributed by atoms with E-state index in [0.717, 1.165) is 18.5 Å². The summed E-state index contributed by atoms with van der Waals surface area (Å²) in [7, 11) is 0. The number of hydrogen-bond acceptors (Lipinski definition) is 5. The average Bonchev–Trinajstić information content (AvgIpc) is 3.30. The van der Waals surface area contributed by atoms with Crippen LogP contribution in [0.5, 0.6) is 0 Å². The van der Waals surface area contributed by atoms with E-state index in [0.29, 0.717) is 17.7 Å². The molecular weight excluding hydrogens is 346 g/mol. The highest BCUT2D eigenvalue weighted by atomic mass is 16.5. The third-order valence-corrected chi connectivity index (χ3v) is 4.80. The fourth-order valence-electron chi connectivity index (χ4n) is 3.37. The van der Waals surface area contributed by atoms with E-state index in [1.54, 1.807) is 24.4 Å². The van der Waals surface area contributed by atoms with E-state index < -0.39 is 0 Å². The molecule has 0 bridgehead atoms. The molecule has 1 aromatic heterocycles. The van der Waals surface area contributed by atoms with E-state index in [4.69, 9.17) is 4.74 Å². The zero-order valence-electron chi connectivity index (χ0n) is 14.7. The molecule has 27 heavy (non-hydrogen) atoms. The van der Waals surface area contributed by atoms with Gasteiger partial charge in [0.25, 0.3) is 17.7 Å². The lowest BCUT2D eigenvalue weighted by molar-refractivity contribution is 0.0475. The number of pyridine rings is 1. The Morgan fingerprint density at radius 2 is 2.04 bits per heavy atom. The van der Waals surface area contributed by atoms with Gasteiger partial charge in [0.15, 0.2) is 0 Å². The molecule has 3 heterocycles. The van der Waals surface area contributed by atoms with Crippen molar-refractivity contribution in [2.75, 3.05) is 13.2 Å². The molecule has 1 fully saturated rings. The summed E-state index contributed by atoms with van der Waals surface area (Å²) < 4.78 is 5.53. The first-order valence-electron chi connectivity index (χ1n) is 8.93. The van der Waals surface area contributed by atoms with Crippen LogP contribution in [0, 0.1) is 0 Å². The lowest BCUT2D eigenvalue weighted by Gasteiger charge is -2.17. The summed E-state index contributed by atoms with van der Waals surface area (Å²) in [5.74, 6) is -1.02. The summed E-state index contributed by atoms with van der Waals surface area (Å²) in [6.07, 6.45) is 3.33. The molecule has 2 aliphatic rings. The SMILES string of the molecule is O=C(NCc1ccccn1)c1ccc2c(c1)C(=O)N(CC1CCCO1)C2=O. The van der Waals surface area contributed by atoms with Gasteiger partial charge in [-0.3, -0.25) is 24.3 Å². The van der Waals surface area contributed by atoms with Crippen LogP contribution in [0.15, 0.2) is 42.6 Å². The molecule has 0 radical (unpaired) electrons. The minimum Gasteiger partial charge on any atom is -0.376 e. The molecule has 0 saturated carbocycles. The van der Waals surface area contributed by atoms with Crippen molar-refractivity contribution >= 4 is 17.7 Å². The number of rotatable bonds is 5. The Labute approximate surface area is 156 Å². The van der Waals surface area contributed by atoms with Crippen molar-refractivity contribution in [3.05, 3.63) is 65.0 Å². The van der Waals surface area contributed by atoms with Crippen LogP contribution in [-0.2, 0) is 11.3 Å². The summed E-state index contributed by atoms with van der Waals surface area (Å²) >= 11 is 0. The number of nitrogens with zero attached hydrogens (tertiary/aromatic N) is 2. The quantitative estimate of drug-likeness (QED) is 0.816. The van der Waals surface area contributed by atoms with Gasteiger partial charge in [-0.2, -0.15) is 0 Å². The van der Waals surface area contributed by atoms with Gasteiger partial charge in [-0.15, -0.1) is 0 Å². The van der Waals surface area contributed by atoms with Crippen LogP contribution in [0.3, 0.4) is 0 Å². The molecule has 1 atom stereocenters. The van der Waals surface area contributed by atoms with Crippen molar-refractivity contribution in [1.82, 2.24) is 15.2 Å². The number of fused-ring (bicyclic) bond motifs is 1. The van der Waals surface area contributed by atoms with Gasteiger partial charge >= 0.3 is 0 Å². The molecule has 0 aliphatic carbocycles. The normalized spacial score (nSPS) is 18.7. The molecule has 1 N–H and O–H groups in total. The highest BCUT2D eigenvalue weighted by Gasteiger charge is 2.37. The number of benzene rings is 1. The first-order chi connectivity index (χ1) is 13.1. The second-order valence-corrected chi connectivity index (χ2v) is 6.62. The van der Waals surface area contributed by atoms with E-state index >= 15 is 0 Å². The van der Waals surface area contributed by atoms with Gasteiger partial charge in [-0.1, -0.05) is 6.07 Å². The zero-order valence-corrected chi connectivity index (χ0v) is 14.7. The summed E-state index contributed by atoms with van der Waals surface area (Å²) in [6.45, 7) is 1.21. The summed E-state index contributed by atoms with van der Waals surface area (Å²) in [4.78, 5) is 43.0. The van der Waals surface area contributed by atoms with Gasteiger partial charge < -0.3 is 10.1 Å². The predicted octanol–water partition coefficient (Wildman–Crippen LogP) is 1.79. The first-order valence-corrected chi connectivity index (χ1v) is 8.93. The Morgan fingerprint density at radius 3 is 2.78 bits per heavy atom. The van der Waals surface area contributed by atoms with Gasteiger partial charge in [0.2, 0.25) is 0 Å². The third-order valence-electron chi connectivity index (χ3n) is 4.80. The maximum atomic E-state index is 12.7. The van der Waals surface area contributed by atoms with Crippen LogP contribution >= 0.6 is 0 Å². The number of nitrogens with one attached hydrogen (secondary N) is 1. The Morgan fingerprint density at radius 1 is 1.19 bits per heavy atom. The van der Waals surface area contributed by atoms with E-state index in [-0.39, 0.29) is 42.5 Å². The molecule has 7 nitrogen and oxygen atoms in total. The third kappa shape index (κ3) is 3.46. The standard InChI is InChI=1S/C20H19N3O4/c24-18(22-11-14-4-1-2-8-21-14)13-6-7-16-17(10-13)20(26)23(19(16)25)12-15-5-3-9-27-15/h1-2,4,6-8,10,15H,3,5,9,11-12H2,(H,22,24). The van der Waals surface area contributed by atoms with Gasteiger partial charge in [-0.05, 0) is 43.2 Å². The molecule has 1 aromatic carbocycles. The van der Waals surface area contributed by atoms with Crippen molar-refractivity contribution in [1.29, 1.82) is 0 Å². The smallest absolute Gasteiger partial charge is 0.261 e. The Balaban J connectivity index is 1.47. The molecular formula is C20H19N3O4. The number of ether oxygens (including phenoxy) is 1. The minimum atomic E-state index is -0.370. The van der Waals surface area contributed by atoms with E-state index in [9.17, 15) is 14.4 Å². The van der Waals surface area contributed by atoms with Crippen molar-refractivity contribution in [3.8, 4) is 0 Å². The number of carbonyl (C=O) groups is 3. The number of amides is 3. The van der Waals surface area contributed by atoms with Crippen molar-refractivity contribution in [2.24, 2.45) is 0 Å². The maximum absolute atomic E-state index is 12.7. The van der Waals surface area contributed by atoms with E-state index in [2.05, 4.69) is 10.3 Å². The molecule has 1 unspecified atom stereocenters. The Hall–Kier alpha value is -3.06. The predicted molar refractivity (Wildman–Crippen MR) is 96.2 cm³/mol. The van der Waals surface area contributed by atoms with Crippen LogP contribution in [0.25, 0.3) is 0 Å². The second kappa shape index (κ2) is 7.28. The minimum absolute atomic E-state index is 0.103. The van der Waals surface area contributed by atoms with Crippen molar-refractivity contribution in [3.63, 3.8) is 0 Å². The average molecular weight is 365 g/mol. The fraction of sp³-hybridized carbons (Fsp3) is 0.300. The molecule has 0 spiro atoms. The van der Waals surface area contributed by atoms with Crippen LogP contribution in [0.1, 0.15) is 49.6 Å². The number of imide groups is 1. The van der Waals surface area contributed by atoms with Crippen molar-refractivity contribution < 1.29 is 19.1 Å². The van der Waals surface area contributed by atoms with Crippen molar-refractivity contribution in [2.45, 2.75) is 25.5 Å². The fourth-order valence-corrected chi connectivity index (χ4v) is 3.37. The van der Waals surface area contributed by atoms with Gasteiger partial charge in [0, 0.05) is 18.4 Å². The topological polar surface area (TPSA) is 88.6 Å². The molecule has 4 rings (SSSR count). The number of carbonyl (C=O) groups excluding carboxylic acids is 3. The van der Waals surface area contributed by atoms with Gasteiger partial charge in [-0.25, -0.2) is 0 Å². The highest BCUT2D eigenvalue weighted by molar-refractivity contribution is 6.22. The summed E-state index contributed by atoms with van der Waals surface area (Å²) in [6, 6.07) is 10.1. The van der Waals surface area contributed by atoms with Gasteiger partial charge in [0.1, 0.15) is 0 Å². The maximum Gasteiger partial charge on any atom is 0.261 e. The lowest BCUT2D eigenvalue weighted by atomic mass is 10.1. The van der Waals surface area contributed by atoms with Crippen LogP contribution < -0.4 is 5.32 Å². The van der Waals surface area contributed by atoms with Crippen LogP contribution in [0.2, 0.25) is 0 Å². The van der Waals surface area contributed by atoms with Crippen LogP contribution in [-0.4, -0.2) is 46.9 Å². The Bertz CT molecular complexity index is 891. The molecule has 2 aliphatic heterocycles. The lowest BCUT2D eigenvalue weighted by Crippen LogP contribution is -2.36. The number of hydrogen-bond donors (Lipinski definition) is 1. The Kier molecular flexibility index (Phi) is 4.68. The molecule has 138 valence electrons. The van der Waals surface area contributed by atoms with Gasteiger partial charge in [0.05, 0.1) is 36.0 Å². The molecule has 1 saturated heterocycles. The zero-order chi connectivity index (χ0) is 18.8. The van der Waals surface area contributed by atoms with E-state index in [1.165, 1.54) is 11.0 Å². The number of aromatic nitrogens is 1. The largest absolute Gasteiger partial charge is 0.376 e. The van der Waals surface area contributed by atoms with E-state index in [1.807, 2.05) is 12.1 Å². The first kappa shape index (κ1) is 17.4. The molecule has 2 aromatic rings.